The van der Waals surface area contributed by atoms with Crippen LogP contribution in [0.5, 0.6) is 0 Å². The third-order valence-electron chi connectivity index (χ3n) is 4.42. The summed E-state index contributed by atoms with van der Waals surface area (Å²) in [6.45, 7) is 0.745. The summed E-state index contributed by atoms with van der Waals surface area (Å²) in [4.78, 5) is 14.1. The van der Waals surface area contributed by atoms with E-state index in [0.29, 0.717) is 24.5 Å². The number of hydrogen-bond donors (Lipinski definition) is 2. The van der Waals surface area contributed by atoms with Gasteiger partial charge in [-0.05, 0) is 25.0 Å². The second-order valence-corrected chi connectivity index (χ2v) is 7.75. The molecule has 0 atom stereocenters. The monoisotopic (exact) mass is 324 g/mol. The summed E-state index contributed by atoms with van der Waals surface area (Å²) < 4.78 is 26.6. The van der Waals surface area contributed by atoms with Crippen molar-refractivity contribution in [1.29, 1.82) is 0 Å². The number of nitrogens with one attached hydrogen (secondary N) is 1. The van der Waals surface area contributed by atoms with Crippen molar-refractivity contribution in [3.63, 3.8) is 0 Å². The fourth-order valence-electron chi connectivity index (χ4n) is 3.08. The number of rotatable bonds is 3. The van der Waals surface area contributed by atoms with Gasteiger partial charge in [0.2, 0.25) is 0 Å². The van der Waals surface area contributed by atoms with E-state index in [1.807, 2.05) is 0 Å². The summed E-state index contributed by atoms with van der Waals surface area (Å²) in [5, 5.41) is 3.06. The Labute approximate surface area is 130 Å². The Hall–Kier alpha value is -1.67. The third kappa shape index (κ3) is 2.93. The molecule has 3 rings (SSSR count). The summed E-state index contributed by atoms with van der Waals surface area (Å²) in [6, 6.07) is 0. The molecule has 0 spiro atoms. The van der Waals surface area contributed by atoms with Crippen molar-refractivity contribution in [3.05, 3.63) is 23.9 Å². The number of amidine groups is 1. The predicted octanol–water partition coefficient (Wildman–Crippen LogP) is -0.128. The van der Waals surface area contributed by atoms with Crippen LogP contribution in [-0.4, -0.2) is 49.4 Å². The van der Waals surface area contributed by atoms with Crippen LogP contribution in [0.4, 0.5) is 0 Å². The number of hydrogen-bond acceptors (Lipinski definition) is 5. The Morgan fingerprint density at radius 2 is 2.09 bits per heavy atom. The van der Waals surface area contributed by atoms with Crippen molar-refractivity contribution in [2.45, 2.75) is 31.2 Å². The molecule has 120 valence electrons. The molecule has 0 saturated heterocycles. The molecule has 2 heterocycles. The van der Waals surface area contributed by atoms with E-state index in [1.165, 1.54) is 0 Å². The molecule has 7 nitrogen and oxygen atoms in total. The second kappa shape index (κ2) is 5.51. The van der Waals surface area contributed by atoms with E-state index in [4.69, 9.17) is 5.73 Å². The summed E-state index contributed by atoms with van der Waals surface area (Å²) in [5.41, 5.74) is 6.03. The van der Waals surface area contributed by atoms with Crippen LogP contribution in [0.3, 0.4) is 0 Å². The van der Waals surface area contributed by atoms with Crippen LogP contribution in [0, 0.1) is 0 Å². The predicted molar refractivity (Wildman–Crippen MR) is 83.5 cm³/mol. The van der Waals surface area contributed by atoms with Crippen LogP contribution < -0.4 is 11.1 Å². The molecular weight excluding hydrogens is 304 g/mol. The van der Waals surface area contributed by atoms with Gasteiger partial charge in [0.1, 0.15) is 5.84 Å². The highest BCUT2D eigenvalue weighted by Crippen LogP contribution is 2.29. The number of nitrogens with zero attached hydrogens (tertiary/aromatic N) is 2. The summed E-state index contributed by atoms with van der Waals surface area (Å²) >= 11 is 0. The Morgan fingerprint density at radius 3 is 2.77 bits per heavy atom. The van der Waals surface area contributed by atoms with E-state index in [2.05, 4.69) is 9.71 Å². The minimum absolute atomic E-state index is 0.0392. The Bertz CT molecular complexity index is 672. The van der Waals surface area contributed by atoms with Crippen molar-refractivity contribution in [1.82, 2.24) is 10.2 Å². The Balaban J connectivity index is 1.76. The molecule has 0 unspecified atom stereocenters. The normalized spacial score (nSPS) is 25.2. The lowest BCUT2D eigenvalue weighted by Crippen LogP contribution is -2.52. The van der Waals surface area contributed by atoms with Gasteiger partial charge in [0.15, 0.2) is 0 Å². The largest absolute Gasteiger partial charge is 0.345 e. The quantitative estimate of drug-likeness (QED) is 0.752. The lowest BCUT2D eigenvalue weighted by molar-refractivity contribution is -0.119. The van der Waals surface area contributed by atoms with E-state index >= 15 is 0 Å². The molecule has 0 aromatic heterocycles. The highest BCUT2D eigenvalue weighted by Gasteiger charge is 2.35. The van der Waals surface area contributed by atoms with E-state index in [-0.39, 0.29) is 17.2 Å². The number of carbonyl (C=O) groups excluding carboxylic acids is 1. The van der Waals surface area contributed by atoms with Gasteiger partial charge in [-0.1, -0.05) is 12.8 Å². The van der Waals surface area contributed by atoms with Crippen LogP contribution in [0.25, 0.3) is 0 Å². The molecule has 2 aliphatic heterocycles. The number of nitrogens with two attached hydrogens (primary N) is 1. The molecule has 1 saturated carbocycles. The molecule has 22 heavy (non-hydrogen) atoms. The smallest absolute Gasteiger partial charge is 0.256 e. The van der Waals surface area contributed by atoms with E-state index in [0.717, 1.165) is 25.7 Å². The van der Waals surface area contributed by atoms with Gasteiger partial charge in [0, 0.05) is 19.3 Å². The van der Waals surface area contributed by atoms with Crippen molar-refractivity contribution in [2.24, 2.45) is 10.1 Å². The summed E-state index contributed by atoms with van der Waals surface area (Å²) in [6.07, 6.45) is 8.78. The zero-order valence-electron chi connectivity index (χ0n) is 12.3. The highest BCUT2D eigenvalue weighted by atomic mass is 32.2. The van der Waals surface area contributed by atoms with Gasteiger partial charge >= 0.3 is 0 Å². The first kappa shape index (κ1) is 15.2. The van der Waals surface area contributed by atoms with Gasteiger partial charge in [-0.3, -0.25) is 4.79 Å². The molecule has 3 N–H and O–H groups in total. The maximum absolute atomic E-state index is 12.4. The van der Waals surface area contributed by atoms with Crippen molar-refractivity contribution < 1.29 is 13.2 Å². The third-order valence-corrected chi connectivity index (χ3v) is 5.58. The molecule has 3 aliphatic rings. The molecule has 1 fully saturated rings. The molecular formula is C14H20N4O3S. The number of carbonyl (C=O) groups is 1. The minimum atomic E-state index is -3.37. The van der Waals surface area contributed by atoms with E-state index in [1.54, 1.807) is 23.3 Å². The van der Waals surface area contributed by atoms with Crippen molar-refractivity contribution in [3.8, 4) is 0 Å². The molecule has 0 radical (unpaired) electrons. The van der Waals surface area contributed by atoms with Crippen LogP contribution >= 0.6 is 0 Å². The SMILES string of the molecule is NCC1(NC(=O)C2=CN3CCS(=O)(=O)N=C3C=C2)CCCC1. The number of fused-ring (bicyclic) bond motifs is 1. The summed E-state index contributed by atoms with van der Waals surface area (Å²) in [5.74, 6) is 0.149. The molecule has 0 bridgehead atoms. The first-order valence-corrected chi connectivity index (χ1v) is 9.06. The van der Waals surface area contributed by atoms with Gasteiger partial charge in [-0.25, -0.2) is 8.42 Å². The van der Waals surface area contributed by atoms with Crippen LogP contribution in [-0.2, 0) is 14.8 Å². The van der Waals surface area contributed by atoms with E-state index < -0.39 is 10.0 Å². The maximum atomic E-state index is 12.4. The fourth-order valence-corrected chi connectivity index (χ4v) is 4.05. The van der Waals surface area contributed by atoms with Gasteiger partial charge in [-0.15, -0.1) is 4.40 Å². The number of amides is 1. The minimum Gasteiger partial charge on any atom is -0.345 e. The lowest BCUT2D eigenvalue weighted by Gasteiger charge is -2.31. The van der Waals surface area contributed by atoms with Crippen LogP contribution in [0.1, 0.15) is 25.7 Å². The molecule has 1 aliphatic carbocycles. The fraction of sp³-hybridized carbons (Fsp3) is 0.571. The summed E-state index contributed by atoms with van der Waals surface area (Å²) in [7, 11) is -3.37. The topological polar surface area (TPSA) is 105 Å². The standard InChI is InChI=1S/C14H20N4O3S/c15-10-14(5-1-2-6-14)16-13(19)11-3-4-12-17-22(20,21)8-7-18(12)9-11/h3-4,9H,1-2,5-8,10,15H2,(H,16,19). The van der Waals surface area contributed by atoms with Gasteiger partial charge < -0.3 is 16.0 Å². The van der Waals surface area contributed by atoms with Crippen molar-refractivity contribution >= 4 is 21.8 Å². The first-order valence-electron chi connectivity index (χ1n) is 7.45. The molecule has 8 heteroatoms. The zero-order valence-corrected chi connectivity index (χ0v) is 13.1. The second-order valence-electron chi connectivity index (χ2n) is 5.99. The molecule has 0 aromatic carbocycles. The Morgan fingerprint density at radius 1 is 1.36 bits per heavy atom. The van der Waals surface area contributed by atoms with E-state index in [9.17, 15) is 13.2 Å². The molecule has 0 aromatic rings. The van der Waals surface area contributed by atoms with Gasteiger partial charge in [0.05, 0.1) is 16.9 Å². The Kier molecular flexibility index (Phi) is 3.82. The first-order chi connectivity index (χ1) is 10.4. The maximum Gasteiger partial charge on any atom is 0.256 e. The van der Waals surface area contributed by atoms with Gasteiger partial charge in [0.25, 0.3) is 15.9 Å². The van der Waals surface area contributed by atoms with Crippen LogP contribution in [0.2, 0.25) is 0 Å². The zero-order chi connectivity index (χ0) is 15.8. The number of sulfonamides is 1. The van der Waals surface area contributed by atoms with Crippen molar-refractivity contribution in [2.75, 3.05) is 18.8 Å². The lowest BCUT2D eigenvalue weighted by atomic mass is 9.97. The van der Waals surface area contributed by atoms with Crippen LogP contribution in [0.15, 0.2) is 28.3 Å². The molecule has 1 amide bonds. The average Bonchev–Trinajstić information content (AvgIpc) is 2.95. The highest BCUT2D eigenvalue weighted by molar-refractivity contribution is 7.90. The van der Waals surface area contributed by atoms with Gasteiger partial charge in [-0.2, -0.15) is 0 Å². The average molecular weight is 324 g/mol.